The van der Waals surface area contributed by atoms with Crippen molar-refractivity contribution in [2.45, 2.75) is 37.7 Å². The summed E-state index contributed by atoms with van der Waals surface area (Å²) in [6.07, 6.45) is 2.62. The molecule has 1 fully saturated rings. The number of nitro benzene ring substituents is 1. The van der Waals surface area contributed by atoms with Crippen molar-refractivity contribution in [1.29, 1.82) is 0 Å². The number of rotatable bonds is 7. The predicted octanol–water partition coefficient (Wildman–Crippen LogP) is 3.48. The molecule has 0 amide bonds. The second-order valence-corrected chi connectivity index (χ2v) is 9.76. The Morgan fingerprint density at radius 1 is 1.12 bits per heavy atom. The molecule has 3 aromatic rings. The standard InChI is InChI=1S/C22H22N4O7S/c1-15-5-10-18(34(30,31)25-11-3-2-4-12-25)13-19(15)22(27)32-14-20-23-24-21(33-20)16-6-8-17(9-7-16)26(28)29/h5-10,13H,2-4,11-12,14H2,1H3. The maximum absolute atomic E-state index is 13.0. The fourth-order valence-corrected chi connectivity index (χ4v) is 5.14. The van der Waals surface area contributed by atoms with Crippen LogP contribution >= 0.6 is 0 Å². The van der Waals surface area contributed by atoms with Crippen LogP contribution in [-0.2, 0) is 21.4 Å². The Labute approximate surface area is 195 Å². The van der Waals surface area contributed by atoms with E-state index in [1.807, 2.05) is 0 Å². The number of hydrogen-bond acceptors (Lipinski definition) is 9. The van der Waals surface area contributed by atoms with Gasteiger partial charge in [0.15, 0.2) is 6.61 Å². The number of aryl methyl sites for hydroxylation is 1. The molecule has 34 heavy (non-hydrogen) atoms. The summed E-state index contributed by atoms with van der Waals surface area (Å²) in [6, 6.07) is 9.97. The van der Waals surface area contributed by atoms with Crippen LogP contribution in [0.15, 0.2) is 51.8 Å². The third kappa shape index (κ3) is 4.97. The number of esters is 1. The quantitative estimate of drug-likeness (QED) is 0.278. The lowest BCUT2D eigenvalue weighted by Gasteiger charge is -2.26. The van der Waals surface area contributed by atoms with E-state index < -0.39 is 20.9 Å². The molecule has 1 aliphatic heterocycles. The van der Waals surface area contributed by atoms with Crippen molar-refractivity contribution in [2.24, 2.45) is 0 Å². The summed E-state index contributed by atoms with van der Waals surface area (Å²) >= 11 is 0. The molecule has 178 valence electrons. The van der Waals surface area contributed by atoms with Crippen molar-refractivity contribution in [3.05, 3.63) is 69.6 Å². The first-order chi connectivity index (χ1) is 16.3. The number of aromatic nitrogens is 2. The molecular weight excluding hydrogens is 464 g/mol. The van der Waals surface area contributed by atoms with Crippen LogP contribution in [0.4, 0.5) is 5.69 Å². The minimum Gasteiger partial charge on any atom is -0.452 e. The molecule has 0 atom stereocenters. The summed E-state index contributed by atoms with van der Waals surface area (Å²) in [6.45, 7) is 2.29. The molecule has 2 aromatic carbocycles. The van der Waals surface area contributed by atoms with Crippen LogP contribution in [0.2, 0.25) is 0 Å². The van der Waals surface area contributed by atoms with E-state index in [1.165, 1.54) is 40.7 Å². The highest BCUT2D eigenvalue weighted by Gasteiger charge is 2.27. The number of non-ortho nitro benzene ring substituents is 1. The maximum Gasteiger partial charge on any atom is 0.338 e. The molecule has 0 radical (unpaired) electrons. The number of nitrogens with zero attached hydrogens (tertiary/aromatic N) is 4. The van der Waals surface area contributed by atoms with E-state index in [2.05, 4.69) is 10.2 Å². The zero-order valence-electron chi connectivity index (χ0n) is 18.3. The summed E-state index contributed by atoms with van der Waals surface area (Å²) in [5, 5.41) is 18.5. The maximum atomic E-state index is 13.0. The number of carbonyl (C=O) groups excluding carboxylic acids is 1. The van der Waals surface area contributed by atoms with E-state index in [0.717, 1.165) is 19.3 Å². The number of benzene rings is 2. The lowest BCUT2D eigenvalue weighted by atomic mass is 10.1. The number of ether oxygens (including phenoxy) is 1. The Morgan fingerprint density at radius 2 is 1.82 bits per heavy atom. The summed E-state index contributed by atoms with van der Waals surface area (Å²) in [5.41, 5.74) is 1.10. The zero-order chi connectivity index (χ0) is 24.3. The van der Waals surface area contributed by atoms with Gasteiger partial charge >= 0.3 is 5.97 Å². The molecule has 11 nitrogen and oxygen atoms in total. The van der Waals surface area contributed by atoms with Crippen LogP contribution in [0, 0.1) is 17.0 Å². The van der Waals surface area contributed by atoms with Crippen molar-refractivity contribution in [3.8, 4) is 11.5 Å². The van der Waals surface area contributed by atoms with Crippen LogP contribution < -0.4 is 0 Å². The van der Waals surface area contributed by atoms with Gasteiger partial charge in [0.25, 0.3) is 11.6 Å². The van der Waals surface area contributed by atoms with E-state index in [9.17, 15) is 23.3 Å². The van der Waals surface area contributed by atoms with E-state index in [1.54, 1.807) is 13.0 Å². The average molecular weight is 487 g/mol. The van der Waals surface area contributed by atoms with Gasteiger partial charge in [-0.25, -0.2) is 13.2 Å². The Morgan fingerprint density at radius 3 is 2.50 bits per heavy atom. The highest BCUT2D eigenvalue weighted by Crippen LogP contribution is 2.24. The lowest BCUT2D eigenvalue weighted by molar-refractivity contribution is -0.384. The molecule has 12 heteroatoms. The largest absolute Gasteiger partial charge is 0.452 e. The SMILES string of the molecule is Cc1ccc(S(=O)(=O)N2CCCCC2)cc1C(=O)OCc1nnc(-c2ccc([N+](=O)[O-])cc2)o1. The average Bonchev–Trinajstić information content (AvgIpc) is 3.32. The van der Waals surface area contributed by atoms with Gasteiger partial charge in [0.1, 0.15) is 0 Å². The first-order valence-electron chi connectivity index (χ1n) is 10.6. The fraction of sp³-hybridized carbons (Fsp3) is 0.318. The minimum atomic E-state index is -3.70. The number of piperidine rings is 1. The second-order valence-electron chi connectivity index (χ2n) is 7.82. The smallest absolute Gasteiger partial charge is 0.338 e. The summed E-state index contributed by atoms with van der Waals surface area (Å²) in [5.74, 6) is -0.577. The van der Waals surface area contributed by atoms with Gasteiger partial charge in [-0.15, -0.1) is 10.2 Å². The van der Waals surface area contributed by atoms with Gasteiger partial charge in [-0.1, -0.05) is 12.5 Å². The van der Waals surface area contributed by atoms with Gasteiger partial charge in [0, 0.05) is 30.8 Å². The van der Waals surface area contributed by atoms with Gasteiger partial charge in [0.2, 0.25) is 15.9 Å². The zero-order valence-corrected chi connectivity index (χ0v) is 19.2. The Hall–Kier alpha value is -3.64. The minimum absolute atomic E-state index is 0.0245. The van der Waals surface area contributed by atoms with Crippen LogP contribution in [-0.4, -0.2) is 46.9 Å². The van der Waals surface area contributed by atoms with Crippen LogP contribution in [0.3, 0.4) is 0 Å². The van der Waals surface area contributed by atoms with Crippen LogP contribution in [0.1, 0.15) is 41.1 Å². The molecule has 2 heterocycles. The van der Waals surface area contributed by atoms with Gasteiger partial charge in [-0.2, -0.15) is 4.31 Å². The van der Waals surface area contributed by atoms with E-state index in [0.29, 0.717) is 24.2 Å². The van der Waals surface area contributed by atoms with Gasteiger partial charge in [-0.3, -0.25) is 10.1 Å². The predicted molar refractivity (Wildman–Crippen MR) is 119 cm³/mol. The molecule has 0 bridgehead atoms. The third-order valence-electron chi connectivity index (χ3n) is 5.50. The summed E-state index contributed by atoms with van der Waals surface area (Å²) in [7, 11) is -3.70. The third-order valence-corrected chi connectivity index (χ3v) is 7.40. The number of carbonyl (C=O) groups is 1. The highest BCUT2D eigenvalue weighted by molar-refractivity contribution is 7.89. The number of nitro groups is 1. The van der Waals surface area contributed by atoms with Crippen molar-refractivity contribution in [1.82, 2.24) is 14.5 Å². The number of sulfonamides is 1. The van der Waals surface area contributed by atoms with Crippen molar-refractivity contribution < 1.29 is 27.3 Å². The Bertz CT molecular complexity index is 1310. The molecule has 0 saturated carbocycles. The summed E-state index contributed by atoms with van der Waals surface area (Å²) < 4.78 is 38.1. The Kier molecular flexibility index (Phi) is 6.70. The topological polar surface area (TPSA) is 146 Å². The molecule has 0 N–H and O–H groups in total. The van der Waals surface area contributed by atoms with Crippen LogP contribution in [0.25, 0.3) is 11.5 Å². The highest BCUT2D eigenvalue weighted by atomic mass is 32.2. The molecule has 4 rings (SSSR count). The van der Waals surface area contributed by atoms with E-state index in [-0.39, 0.29) is 34.5 Å². The van der Waals surface area contributed by atoms with E-state index in [4.69, 9.17) is 9.15 Å². The molecule has 1 aromatic heterocycles. The normalized spacial score (nSPS) is 14.6. The van der Waals surface area contributed by atoms with Crippen LogP contribution in [0.5, 0.6) is 0 Å². The second kappa shape index (κ2) is 9.69. The summed E-state index contributed by atoms with van der Waals surface area (Å²) in [4.78, 5) is 23.0. The van der Waals surface area contributed by atoms with Gasteiger partial charge in [0.05, 0.1) is 15.4 Å². The Balaban J connectivity index is 1.45. The fourth-order valence-electron chi connectivity index (χ4n) is 3.60. The van der Waals surface area contributed by atoms with E-state index >= 15 is 0 Å². The lowest BCUT2D eigenvalue weighted by Crippen LogP contribution is -2.35. The molecule has 0 aliphatic carbocycles. The first kappa shape index (κ1) is 23.5. The molecule has 0 unspecified atom stereocenters. The van der Waals surface area contributed by atoms with Gasteiger partial charge in [-0.05, 0) is 49.6 Å². The molecule has 1 aliphatic rings. The molecule has 0 spiro atoms. The van der Waals surface area contributed by atoms with Gasteiger partial charge < -0.3 is 9.15 Å². The molecular formula is C22H22N4O7S. The van der Waals surface area contributed by atoms with Crippen molar-refractivity contribution in [3.63, 3.8) is 0 Å². The van der Waals surface area contributed by atoms with Crippen molar-refractivity contribution in [2.75, 3.05) is 13.1 Å². The number of hydrogen-bond donors (Lipinski definition) is 0. The van der Waals surface area contributed by atoms with Crippen molar-refractivity contribution >= 4 is 21.7 Å². The first-order valence-corrected chi connectivity index (χ1v) is 12.0. The molecule has 1 saturated heterocycles. The monoisotopic (exact) mass is 486 g/mol.